The smallest absolute Gasteiger partial charge is 0.0720 e. The molecule has 0 saturated carbocycles. The molecule has 0 fully saturated rings. The SMILES string of the molecule is [NH]c1ccccc1[S]. The van der Waals surface area contributed by atoms with Crippen molar-refractivity contribution >= 4 is 18.3 Å². The van der Waals surface area contributed by atoms with Crippen LogP contribution in [0.4, 0.5) is 5.69 Å². The summed E-state index contributed by atoms with van der Waals surface area (Å²) in [6, 6.07) is 7.07. The van der Waals surface area contributed by atoms with E-state index in [9.17, 15) is 0 Å². The molecule has 2 heteroatoms. The summed E-state index contributed by atoms with van der Waals surface area (Å²) in [4.78, 5) is 0.618. The zero-order valence-corrected chi connectivity index (χ0v) is 5.03. The number of hydrogen-bond donors (Lipinski definition) is 0. The highest BCUT2D eigenvalue weighted by molar-refractivity contribution is 7.80. The lowest BCUT2D eigenvalue weighted by atomic mass is 10.3. The molecule has 0 aliphatic rings. The molecule has 2 radical (unpaired) electrons. The van der Waals surface area contributed by atoms with Crippen molar-refractivity contribution in [1.29, 1.82) is 0 Å². The van der Waals surface area contributed by atoms with Gasteiger partial charge in [0.1, 0.15) is 0 Å². The lowest BCUT2D eigenvalue weighted by Crippen LogP contribution is -1.68. The highest BCUT2D eigenvalue weighted by Gasteiger charge is 1.88. The molecule has 40 valence electrons. The Balaban J connectivity index is 3.13. The summed E-state index contributed by atoms with van der Waals surface area (Å²) in [6.07, 6.45) is 0. The Morgan fingerprint density at radius 3 is 2.25 bits per heavy atom. The summed E-state index contributed by atoms with van der Waals surface area (Å²) in [5, 5.41) is 0. The maximum atomic E-state index is 7.12. The molecule has 1 aromatic carbocycles. The van der Waals surface area contributed by atoms with Crippen molar-refractivity contribution in [2.45, 2.75) is 4.90 Å². The van der Waals surface area contributed by atoms with E-state index in [0.717, 1.165) is 0 Å². The Kier molecular flexibility index (Phi) is 1.35. The minimum absolute atomic E-state index is 0.433. The van der Waals surface area contributed by atoms with Gasteiger partial charge < -0.3 is 0 Å². The second-order valence-corrected chi connectivity index (χ2v) is 1.94. The van der Waals surface area contributed by atoms with Crippen molar-refractivity contribution in [3.05, 3.63) is 24.3 Å². The van der Waals surface area contributed by atoms with E-state index in [1.807, 2.05) is 6.07 Å². The zero-order valence-electron chi connectivity index (χ0n) is 4.22. The molecule has 0 aliphatic carbocycles. The fraction of sp³-hybridized carbons (Fsp3) is 0. The summed E-state index contributed by atoms with van der Waals surface area (Å²) in [6.45, 7) is 0. The summed E-state index contributed by atoms with van der Waals surface area (Å²) in [5.74, 6) is 0. The van der Waals surface area contributed by atoms with E-state index in [4.69, 9.17) is 18.4 Å². The third-order valence-electron chi connectivity index (χ3n) is 0.887. The molecule has 0 aromatic heterocycles. The van der Waals surface area contributed by atoms with Gasteiger partial charge in [-0.2, -0.15) is 0 Å². The normalized spacial score (nSPS) is 9.00. The number of nitrogens with one attached hydrogen (secondary N) is 1. The van der Waals surface area contributed by atoms with Crippen molar-refractivity contribution in [1.82, 2.24) is 5.73 Å². The van der Waals surface area contributed by atoms with E-state index in [0.29, 0.717) is 10.6 Å². The molecule has 0 unspecified atom stereocenters. The first-order valence-electron chi connectivity index (χ1n) is 2.28. The van der Waals surface area contributed by atoms with Crippen molar-refractivity contribution in [3.8, 4) is 0 Å². The van der Waals surface area contributed by atoms with Crippen LogP contribution < -0.4 is 5.73 Å². The minimum Gasteiger partial charge on any atom is -0.299 e. The van der Waals surface area contributed by atoms with Gasteiger partial charge in [0, 0.05) is 0 Å². The second kappa shape index (κ2) is 2.01. The summed E-state index contributed by atoms with van der Waals surface area (Å²) in [5.41, 5.74) is 7.55. The predicted octanol–water partition coefficient (Wildman–Crippen LogP) is 2.16. The number of benzene rings is 1. The largest absolute Gasteiger partial charge is 0.299 e. The molecule has 1 N–H and O–H groups in total. The summed E-state index contributed by atoms with van der Waals surface area (Å²) >= 11 is 4.77. The average Bonchev–Trinajstić information content (AvgIpc) is 1.77. The van der Waals surface area contributed by atoms with Crippen LogP contribution in [0, 0.1) is 0 Å². The van der Waals surface area contributed by atoms with Gasteiger partial charge in [-0.3, -0.25) is 5.73 Å². The molecular weight excluding hydrogens is 118 g/mol. The molecule has 0 atom stereocenters. The lowest BCUT2D eigenvalue weighted by molar-refractivity contribution is 1.36. The van der Waals surface area contributed by atoms with E-state index >= 15 is 0 Å². The van der Waals surface area contributed by atoms with Crippen LogP contribution in [-0.2, 0) is 0 Å². The van der Waals surface area contributed by atoms with Crippen LogP contribution in [-0.4, -0.2) is 0 Å². The van der Waals surface area contributed by atoms with E-state index in [-0.39, 0.29) is 0 Å². The third-order valence-corrected chi connectivity index (χ3v) is 1.24. The first-order chi connectivity index (χ1) is 3.80. The van der Waals surface area contributed by atoms with Gasteiger partial charge in [-0.1, -0.05) is 24.8 Å². The fourth-order valence-electron chi connectivity index (χ4n) is 0.467. The zero-order chi connectivity index (χ0) is 5.98. The molecule has 1 nitrogen and oxygen atoms in total. The van der Waals surface area contributed by atoms with Gasteiger partial charge in [0.25, 0.3) is 0 Å². The van der Waals surface area contributed by atoms with Gasteiger partial charge in [-0.25, -0.2) is 0 Å². The highest BCUT2D eigenvalue weighted by Crippen LogP contribution is 2.14. The molecule has 0 bridgehead atoms. The standard InChI is InChI=1S/C6H5NS/c7-5-3-1-2-4-6(5)8/h1-4,7H. The molecule has 1 aromatic rings. The molecule has 0 aliphatic heterocycles. The molecular formula is C6H5NS. The molecule has 0 saturated heterocycles. The number of rotatable bonds is 0. The van der Waals surface area contributed by atoms with E-state index in [2.05, 4.69) is 0 Å². The monoisotopic (exact) mass is 123 g/mol. The quantitative estimate of drug-likeness (QED) is 0.505. The van der Waals surface area contributed by atoms with E-state index in [1.54, 1.807) is 18.2 Å². The van der Waals surface area contributed by atoms with Crippen LogP contribution in [0.5, 0.6) is 0 Å². The van der Waals surface area contributed by atoms with Crippen molar-refractivity contribution in [2.75, 3.05) is 0 Å². The van der Waals surface area contributed by atoms with Gasteiger partial charge >= 0.3 is 0 Å². The Bertz CT molecular complexity index is 165. The Hall–Kier alpha value is -0.760. The fourth-order valence-corrected chi connectivity index (χ4v) is 0.613. The topological polar surface area (TPSA) is 23.8 Å². The summed E-state index contributed by atoms with van der Waals surface area (Å²) in [7, 11) is 0. The van der Waals surface area contributed by atoms with E-state index in [1.165, 1.54) is 0 Å². The van der Waals surface area contributed by atoms with Gasteiger partial charge in [0.05, 0.1) is 10.6 Å². The molecule has 8 heavy (non-hydrogen) atoms. The van der Waals surface area contributed by atoms with Crippen molar-refractivity contribution in [2.24, 2.45) is 0 Å². The Morgan fingerprint density at radius 1 is 1.25 bits per heavy atom. The first kappa shape index (κ1) is 5.38. The van der Waals surface area contributed by atoms with Crippen molar-refractivity contribution < 1.29 is 0 Å². The highest BCUT2D eigenvalue weighted by atomic mass is 32.1. The van der Waals surface area contributed by atoms with Crippen LogP contribution in [0.3, 0.4) is 0 Å². The maximum absolute atomic E-state index is 7.12. The Labute approximate surface area is 53.9 Å². The maximum Gasteiger partial charge on any atom is 0.0720 e. The molecule has 1 rings (SSSR count). The average molecular weight is 123 g/mol. The van der Waals surface area contributed by atoms with Gasteiger partial charge in [0.2, 0.25) is 0 Å². The van der Waals surface area contributed by atoms with Crippen molar-refractivity contribution in [3.63, 3.8) is 0 Å². The van der Waals surface area contributed by atoms with E-state index < -0.39 is 0 Å². The Morgan fingerprint density at radius 2 is 1.88 bits per heavy atom. The predicted molar refractivity (Wildman–Crippen MR) is 35.1 cm³/mol. The number of hydrogen-bond acceptors (Lipinski definition) is 0. The van der Waals surface area contributed by atoms with Crippen LogP contribution in [0.2, 0.25) is 0 Å². The second-order valence-electron chi connectivity index (χ2n) is 1.50. The van der Waals surface area contributed by atoms with Gasteiger partial charge in [-0.05, 0) is 12.1 Å². The molecule has 0 spiro atoms. The van der Waals surface area contributed by atoms with Crippen LogP contribution >= 0.6 is 12.6 Å². The van der Waals surface area contributed by atoms with Gasteiger partial charge in [0.15, 0.2) is 0 Å². The van der Waals surface area contributed by atoms with Crippen LogP contribution in [0.1, 0.15) is 0 Å². The van der Waals surface area contributed by atoms with Crippen LogP contribution in [0.15, 0.2) is 29.2 Å². The molecule has 0 heterocycles. The minimum atomic E-state index is 0.433. The third kappa shape index (κ3) is 0.898. The molecule has 0 amide bonds. The summed E-state index contributed by atoms with van der Waals surface area (Å²) < 4.78 is 0. The lowest BCUT2D eigenvalue weighted by Gasteiger charge is -1.89. The first-order valence-corrected chi connectivity index (χ1v) is 2.69. The van der Waals surface area contributed by atoms with Crippen LogP contribution in [0.25, 0.3) is 0 Å². The van der Waals surface area contributed by atoms with Gasteiger partial charge in [-0.15, -0.1) is 0 Å².